The van der Waals surface area contributed by atoms with Gasteiger partial charge in [0.25, 0.3) is 0 Å². The fourth-order valence-electron chi connectivity index (χ4n) is 1.51. The van der Waals surface area contributed by atoms with Crippen LogP contribution >= 0.6 is 0 Å². The van der Waals surface area contributed by atoms with E-state index in [0.717, 1.165) is 6.42 Å². The molecule has 0 fully saturated rings. The van der Waals surface area contributed by atoms with Crippen LogP contribution in [0.4, 0.5) is 0 Å². The van der Waals surface area contributed by atoms with Gasteiger partial charge in [-0.3, -0.25) is 6.29 Å². The zero-order valence-corrected chi connectivity index (χ0v) is 16.0. The van der Waals surface area contributed by atoms with Crippen molar-refractivity contribution >= 4 is 12.3 Å². The SMILES string of the molecule is CC(O)C(=O)O.CCCCCCCCCCC[C-]=O.[Zn]. The number of unbranched alkanes of at least 4 members (excludes halogenated alkanes) is 9. The Hall–Kier alpha value is -0.277. The number of carbonyl (C=O) groups is 1. The van der Waals surface area contributed by atoms with E-state index in [9.17, 15) is 9.59 Å². The third-order valence-electron chi connectivity index (χ3n) is 2.74. The molecule has 0 amide bonds. The molecule has 0 aromatic rings. The minimum Gasteiger partial charge on any atom is -0.542 e. The molecule has 0 radical (unpaired) electrons. The molecule has 0 rings (SSSR count). The predicted molar refractivity (Wildman–Crippen MR) is 76.9 cm³/mol. The topological polar surface area (TPSA) is 74.6 Å². The van der Waals surface area contributed by atoms with Gasteiger partial charge in [0.2, 0.25) is 0 Å². The molecule has 116 valence electrons. The van der Waals surface area contributed by atoms with E-state index >= 15 is 0 Å². The molecule has 0 spiro atoms. The maximum absolute atomic E-state index is 9.89. The van der Waals surface area contributed by atoms with Gasteiger partial charge in [0, 0.05) is 19.5 Å². The molecule has 1 atom stereocenters. The molecule has 1 unspecified atom stereocenters. The number of hydrogen-bond donors (Lipinski definition) is 2. The standard InChI is InChI=1S/C12H23O.C3H6O3.Zn/c1-2-3-4-5-6-7-8-9-10-11-12-13;1-2(4)3(5)6;/h2-11H2,1H3;2,4H,1H3,(H,5,6);/q-1;;. The zero-order chi connectivity index (χ0) is 14.9. The van der Waals surface area contributed by atoms with Crippen LogP contribution in [0.1, 0.15) is 78.1 Å². The van der Waals surface area contributed by atoms with E-state index in [2.05, 4.69) is 6.92 Å². The molecule has 20 heavy (non-hydrogen) atoms. The third-order valence-corrected chi connectivity index (χ3v) is 2.74. The fraction of sp³-hybridized carbons (Fsp3) is 0.867. The zero-order valence-electron chi connectivity index (χ0n) is 13.1. The smallest absolute Gasteiger partial charge is 0.332 e. The molecule has 2 N–H and O–H groups in total. The number of carboxylic acids is 1. The summed E-state index contributed by atoms with van der Waals surface area (Å²) in [6.07, 6.45) is 13.1. The van der Waals surface area contributed by atoms with Crippen molar-refractivity contribution in [1.29, 1.82) is 0 Å². The maximum Gasteiger partial charge on any atom is 0.332 e. The summed E-state index contributed by atoms with van der Waals surface area (Å²) < 4.78 is 0. The van der Waals surface area contributed by atoms with E-state index in [1.54, 1.807) is 0 Å². The Bertz CT molecular complexity index is 208. The average molecular weight is 339 g/mol. The second-order valence-electron chi connectivity index (χ2n) is 4.74. The van der Waals surface area contributed by atoms with Gasteiger partial charge in [0.05, 0.1) is 0 Å². The Morgan fingerprint density at radius 1 is 1.00 bits per heavy atom. The van der Waals surface area contributed by atoms with Crippen LogP contribution in [0.2, 0.25) is 0 Å². The van der Waals surface area contributed by atoms with Crippen molar-refractivity contribution in [3.63, 3.8) is 0 Å². The van der Waals surface area contributed by atoms with Crippen LogP contribution in [-0.4, -0.2) is 28.6 Å². The van der Waals surface area contributed by atoms with Gasteiger partial charge < -0.3 is 15.0 Å². The van der Waals surface area contributed by atoms with Crippen molar-refractivity contribution in [2.75, 3.05) is 0 Å². The van der Waals surface area contributed by atoms with Crippen LogP contribution in [0.3, 0.4) is 0 Å². The first-order valence-corrected chi connectivity index (χ1v) is 7.32. The second-order valence-corrected chi connectivity index (χ2v) is 4.74. The van der Waals surface area contributed by atoms with Crippen molar-refractivity contribution in [3.05, 3.63) is 0 Å². The van der Waals surface area contributed by atoms with Crippen LogP contribution in [0.15, 0.2) is 0 Å². The van der Waals surface area contributed by atoms with Gasteiger partial charge in [-0.2, -0.15) is 6.42 Å². The minimum absolute atomic E-state index is 0. The number of aliphatic hydroxyl groups is 1. The molecule has 0 aliphatic rings. The molecular weight excluding hydrogens is 310 g/mol. The van der Waals surface area contributed by atoms with Gasteiger partial charge in [0.15, 0.2) is 0 Å². The summed E-state index contributed by atoms with van der Waals surface area (Å²) in [4.78, 5) is 19.3. The van der Waals surface area contributed by atoms with E-state index in [1.807, 2.05) is 6.29 Å². The maximum atomic E-state index is 9.89. The fourth-order valence-corrected chi connectivity index (χ4v) is 1.51. The first-order chi connectivity index (χ1) is 9.06. The van der Waals surface area contributed by atoms with E-state index in [-0.39, 0.29) is 19.5 Å². The van der Waals surface area contributed by atoms with Crippen molar-refractivity contribution in [2.24, 2.45) is 0 Å². The van der Waals surface area contributed by atoms with Gasteiger partial charge in [0.1, 0.15) is 6.10 Å². The molecule has 0 aromatic carbocycles. The van der Waals surface area contributed by atoms with Crippen LogP contribution in [0.5, 0.6) is 0 Å². The molecule has 0 bridgehead atoms. The number of hydrogen-bond acceptors (Lipinski definition) is 3. The number of aliphatic carboxylic acids is 1. The largest absolute Gasteiger partial charge is 0.542 e. The molecule has 0 saturated heterocycles. The Morgan fingerprint density at radius 2 is 1.35 bits per heavy atom. The predicted octanol–water partition coefficient (Wildman–Crippen LogP) is 3.47. The van der Waals surface area contributed by atoms with Gasteiger partial charge >= 0.3 is 5.97 Å². The molecule has 0 aromatic heterocycles. The summed E-state index contributed by atoms with van der Waals surface area (Å²) in [6.45, 7) is 3.44. The number of aliphatic hydroxyl groups excluding tert-OH is 1. The van der Waals surface area contributed by atoms with Gasteiger partial charge in [-0.1, -0.05) is 64.7 Å². The Kier molecular flexibility index (Phi) is 26.0. The van der Waals surface area contributed by atoms with E-state index in [0.29, 0.717) is 6.42 Å². The summed E-state index contributed by atoms with van der Waals surface area (Å²) >= 11 is 0. The van der Waals surface area contributed by atoms with Crippen molar-refractivity contribution in [2.45, 2.75) is 84.2 Å². The molecule has 5 heteroatoms. The summed E-state index contributed by atoms with van der Waals surface area (Å²) in [5.41, 5.74) is 0. The van der Waals surface area contributed by atoms with Crippen LogP contribution in [0, 0.1) is 0 Å². The number of carbonyl (C=O) groups excluding carboxylic acids is 1. The Morgan fingerprint density at radius 3 is 1.65 bits per heavy atom. The number of carboxylic acid groups (broad SMARTS) is 1. The Labute approximate surface area is 136 Å². The van der Waals surface area contributed by atoms with Gasteiger partial charge in [-0.15, -0.1) is 0 Å². The van der Waals surface area contributed by atoms with Crippen molar-refractivity contribution < 1.29 is 39.3 Å². The molecule has 0 aliphatic heterocycles. The summed E-state index contributed by atoms with van der Waals surface area (Å²) in [7, 11) is 0. The normalized spacial score (nSPS) is 10.8. The summed E-state index contributed by atoms with van der Waals surface area (Å²) in [6, 6.07) is 0. The molecular formula is C15H29O4Zn-. The van der Waals surface area contributed by atoms with Crippen molar-refractivity contribution in [1.82, 2.24) is 0 Å². The Balaban J connectivity index is -0.000000352. The number of rotatable bonds is 11. The minimum atomic E-state index is -1.23. The molecule has 0 heterocycles. The van der Waals surface area contributed by atoms with Crippen molar-refractivity contribution in [3.8, 4) is 0 Å². The van der Waals surface area contributed by atoms with Crippen LogP contribution < -0.4 is 0 Å². The molecule has 0 saturated carbocycles. The van der Waals surface area contributed by atoms with E-state index < -0.39 is 12.1 Å². The summed E-state index contributed by atoms with van der Waals surface area (Å²) in [5.74, 6) is -1.19. The summed E-state index contributed by atoms with van der Waals surface area (Å²) in [5, 5.41) is 15.8. The van der Waals surface area contributed by atoms with Gasteiger partial charge in [-0.25, -0.2) is 4.79 Å². The van der Waals surface area contributed by atoms with E-state index in [4.69, 9.17) is 10.2 Å². The monoisotopic (exact) mass is 337 g/mol. The third kappa shape index (κ3) is 26.3. The quantitative estimate of drug-likeness (QED) is 0.343. The van der Waals surface area contributed by atoms with Crippen LogP contribution in [-0.2, 0) is 29.1 Å². The second kappa shape index (κ2) is 21.0. The molecule has 4 nitrogen and oxygen atoms in total. The first kappa shape index (κ1) is 24.7. The first-order valence-electron chi connectivity index (χ1n) is 7.32. The average Bonchev–Trinajstić information content (AvgIpc) is 2.37. The van der Waals surface area contributed by atoms with Crippen LogP contribution in [0.25, 0.3) is 0 Å². The van der Waals surface area contributed by atoms with Gasteiger partial charge in [-0.05, 0) is 6.92 Å². The van der Waals surface area contributed by atoms with E-state index in [1.165, 1.54) is 58.3 Å². The molecule has 0 aliphatic carbocycles.